The van der Waals surface area contributed by atoms with Crippen LogP contribution in [0.1, 0.15) is 0 Å². The fourth-order valence-electron chi connectivity index (χ4n) is 3.85. The van der Waals surface area contributed by atoms with Gasteiger partial charge in [-0.05, 0) is 58.1 Å². The van der Waals surface area contributed by atoms with Crippen molar-refractivity contribution in [1.82, 2.24) is 9.55 Å². The van der Waals surface area contributed by atoms with E-state index >= 15 is 0 Å². The normalized spacial score (nSPS) is 11.0. The Bertz CT molecular complexity index is 1570. The van der Waals surface area contributed by atoms with E-state index in [0.717, 1.165) is 32.3 Å². The van der Waals surface area contributed by atoms with Gasteiger partial charge in [-0.2, -0.15) is 0 Å². The van der Waals surface area contributed by atoms with Gasteiger partial charge in [-0.15, -0.1) is 11.3 Å². The molecule has 7 heteroatoms. The average Bonchev–Trinajstić information content (AvgIpc) is 3.33. The Balaban J connectivity index is 1.81. The summed E-state index contributed by atoms with van der Waals surface area (Å²) in [4.78, 5) is 27.4. The molecule has 2 aromatic heterocycles. The number of hydrogen-bond donors (Lipinski definition) is 2. The quantitative estimate of drug-likeness (QED) is 0.397. The molecule has 0 radical (unpaired) electrons. The number of nitrogens with zero attached hydrogens (tertiary/aromatic N) is 1. The number of hydrogen-bond acceptors (Lipinski definition) is 5. The Labute approximate surface area is 187 Å². The van der Waals surface area contributed by atoms with Crippen LogP contribution in [0.4, 0.5) is 5.69 Å². The summed E-state index contributed by atoms with van der Waals surface area (Å²) < 4.78 is 7.29. The highest BCUT2D eigenvalue weighted by Crippen LogP contribution is 2.43. The molecule has 0 atom stereocenters. The van der Waals surface area contributed by atoms with Crippen molar-refractivity contribution in [2.24, 2.45) is 0 Å². The Hall–Kier alpha value is -4.10. The highest BCUT2D eigenvalue weighted by molar-refractivity contribution is 7.13. The molecule has 3 aromatic carbocycles. The Morgan fingerprint density at radius 1 is 0.938 bits per heavy atom. The first-order valence-corrected chi connectivity index (χ1v) is 10.8. The van der Waals surface area contributed by atoms with E-state index in [0.29, 0.717) is 17.1 Å². The largest absolute Gasteiger partial charge is 0.495 e. The molecule has 0 saturated carbocycles. The van der Waals surface area contributed by atoms with Crippen molar-refractivity contribution >= 4 is 27.8 Å². The minimum Gasteiger partial charge on any atom is -0.495 e. The third-order valence-corrected chi connectivity index (χ3v) is 6.24. The number of anilines is 1. The van der Waals surface area contributed by atoms with E-state index in [1.165, 1.54) is 16.8 Å². The van der Waals surface area contributed by atoms with Crippen molar-refractivity contribution in [2.45, 2.75) is 0 Å². The number of nitrogens with one attached hydrogen (secondary N) is 1. The zero-order chi connectivity index (χ0) is 22.2. The molecule has 0 unspecified atom stereocenters. The smallest absolute Gasteiger partial charge is 0.332 e. The number of H-pyrrole nitrogens is 1. The van der Waals surface area contributed by atoms with E-state index in [2.05, 4.69) is 11.1 Å². The maximum atomic E-state index is 12.5. The van der Waals surface area contributed by atoms with E-state index in [1.807, 2.05) is 60.0 Å². The summed E-state index contributed by atoms with van der Waals surface area (Å²) in [5.41, 5.74) is 8.97. The molecule has 5 aromatic rings. The first-order valence-electron chi connectivity index (χ1n) is 9.91. The van der Waals surface area contributed by atoms with E-state index in [9.17, 15) is 9.59 Å². The number of aromatic amines is 1. The number of nitrogen functional groups attached to an aromatic ring is 1. The summed E-state index contributed by atoms with van der Waals surface area (Å²) in [5, 5.41) is 4.08. The van der Waals surface area contributed by atoms with Crippen LogP contribution in [-0.2, 0) is 0 Å². The van der Waals surface area contributed by atoms with Crippen molar-refractivity contribution in [2.75, 3.05) is 12.8 Å². The lowest BCUT2D eigenvalue weighted by Gasteiger charge is -2.17. The Morgan fingerprint density at radius 3 is 2.47 bits per heavy atom. The maximum Gasteiger partial charge on any atom is 0.332 e. The van der Waals surface area contributed by atoms with Gasteiger partial charge >= 0.3 is 5.69 Å². The maximum absolute atomic E-state index is 12.5. The molecule has 5 rings (SSSR count). The van der Waals surface area contributed by atoms with Crippen molar-refractivity contribution in [1.29, 1.82) is 0 Å². The van der Waals surface area contributed by atoms with Crippen LogP contribution in [0, 0.1) is 0 Å². The van der Waals surface area contributed by atoms with Gasteiger partial charge in [0.2, 0.25) is 0 Å². The Kier molecular flexibility index (Phi) is 4.88. The first-order chi connectivity index (χ1) is 15.5. The first kappa shape index (κ1) is 19.8. The fraction of sp³-hybridized carbons (Fsp3) is 0.0400. The van der Waals surface area contributed by atoms with Gasteiger partial charge in [0.15, 0.2) is 0 Å². The predicted octanol–water partition coefficient (Wildman–Crippen LogP) is 4.67. The molecule has 0 aliphatic rings. The highest BCUT2D eigenvalue weighted by atomic mass is 32.1. The second-order valence-corrected chi connectivity index (χ2v) is 8.30. The third kappa shape index (κ3) is 3.48. The van der Waals surface area contributed by atoms with Crippen molar-refractivity contribution in [3.63, 3.8) is 0 Å². The summed E-state index contributed by atoms with van der Waals surface area (Å²) in [7, 11) is 1.64. The van der Waals surface area contributed by atoms with Crippen molar-refractivity contribution < 1.29 is 4.74 Å². The van der Waals surface area contributed by atoms with Gasteiger partial charge in [0.05, 0.1) is 12.8 Å². The van der Waals surface area contributed by atoms with Gasteiger partial charge < -0.3 is 10.5 Å². The number of methoxy groups -OCH3 is 1. The number of nitrogens with two attached hydrogens (primary N) is 1. The van der Waals surface area contributed by atoms with Gasteiger partial charge in [-0.25, -0.2) is 4.79 Å². The summed E-state index contributed by atoms with van der Waals surface area (Å²) in [6.07, 6.45) is 1.48. The molecule has 0 saturated heterocycles. The summed E-state index contributed by atoms with van der Waals surface area (Å²) in [6.45, 7) is 0. The zero-order valence-corrected chi connectivity index (χ0v) is 18.0. The molecule has 3 N–H and O–H groups in total. The molecule has 0 aliphatic heterocycles. The average molecular weight is 442 g/mol. The molecule has 0 spiro atoms. The molecule has 32 heavy (non-hydrogen) atoms. The van der Waals surface area contributed by atoms with E-state index in [1.54, 1.807) is 18.4 Å². The SMILES string of the molecule is COc1c(-c2ccc3cc(N)ccc3c2)cc(-n2ccc(=O)[nH]c2=O)cc1-c1cccs1. The van der Waals surface area contributed by atoms with E-state index in [4.69, 9.17) is 10.5 Å². The van der Waals surface area contributed by atoms with Crippen LogP contribution in [0.3, 0.4) is 0 Å². The molecule has 0 fully saturated rings. The van der Waals surface area contributed by atoms with Gasteiger partial charge in [0.25, 0.3) is 5.56 Å². The van der Waals surface area contributed by atoms with Crippen LogP contribution in [0.2, 0.25) is 0 Å². The highest BCUT2D eigenvalue weighted by Gasteiger charge is 2.17. The van der Waals surface area contributed by atoms with E-state index < -0.39 is 11.2 Å². The number of fused-ring (bicyclic) bond motifs is 1. The fourth-order valence-corrected chi connectivity index (χ4v) is 4.59. The van der Waals surface area contributed by atoms with Gasteiger partial charge in [0.1, 0.15) is 5.75 Å². The number of ether oxygens (including phenoxy) is 1. The van der Waals surface area contributed by atoms with Crippen LogP contribution in [0.15, 0.2) is 87.9 Å². The second kappa shape index (κ2) is 7.86. The molecule has 158 valence electrons. The minimum atomic E-state index is -0.500. The third-order valence-electron chi connectivity index (χ3n) is 5.34. The van der Waals surface area contributed by atoms with Gasteiger partial charge in [-0.3, -0.25) is 14.3 Å². The van der Waals surface area contributed by atoms with Crippen LogP contribution in [0.5, 0.6) is 5.75 Å². The monoisotopic (exact) mass is 441 g/mol. The number of rotatable bonds is 4. The lowest BCUT2D eigenvalue weighted by molar-refractivity contribution is 0.418. The van der Waals surface area contributed by atoms with Crippen LogP contribution in [-0.4, -0.2) is 16.7 Å². The van der Waals surface area contributed by atoms with E-state index in [-0.39, 0.29) is 0 Å². The van der Waals surface area contributed by atoms with Crippen LogP contribution >= 0.6 is 11.3 Å². The van der Waals surface area contributed by atoms with Gasteiger partial charge in [0, 0.05) is 34.0 Å². The molecule has 6 nitrogen and oxygen atoms in total. The van der Waals surface area contributed by atoms with Gasteiger partial charge in [-0.1, -0.05) is 24.3 Å². The van der Waals surface area contributed by atoms with Crippen molar-refractivity contribution in [3.8, 4) is 33.0 Å². The molecule has 0 amide bonds. The number of aromatic nitrogens is 2. The molecule has 0 aliphatic carbocycles. The predicted molar refractivity (Wildman–Crippen MR) is 130 cm³/mol. The summed E-state index contributed by atoms with van der Waals surface area (Å²) >= 11 is 1.59. The minimum absolute atomic E-state index is 0.438. The Morgan fingerprint density at radius 2 is 1.72 bits per heavy atom. The number of thiophene rings is 1. The summed E-state index contributed by atoms with van der Waals surface area (Å²) in [6, 6.07) is 21.0. The molecular formula is C25H19N3O3S. The number of benzene rings is 3. The summed E-state index contributed by atoms with van der Waals surface area (Å²) in [5.74, 6) is 0.712. The zero-order valence-electron chi connectivity index (χ0n) is 17.2. The molecule has 0 bridgehead atoms. The van der Waals surface area contributed by atoms with Crippen LogP contribution < -0.4 is 21.7 Å². The lowest BCUT2D eigenvalue weighted by atomic mass is 9.96. The lowest BCUT2D eigenvalue weighted by Crippen LogP contribution is -2.27. The molecular weight excluding hydrogens is 422 g/mol. The standard InChI is InChI=1S/C25H19N3O3S/c1-31-24-20(17-5-4-16-12-18(26)7-6-15(16)11-17)13-19(14-21(24)22-3-2-10-32-22)28-9-8-23(29)27-25(28)30/h2-14H,26H2,1H3,(H,27,29,30). The topological polar surface area (TPSA) is 90.1 Å². The molecule has 2 heterocycles. The second-order valence-electron chi connectivity index (χ2n) is 7.35. The van der Waals surface area contributed by atoms with Crippen LogP contribution in [0.25, 0.3) is 38.0 Å². The van der Waals surface area contributed by atoms with Crippen molar-refractivity contribution in [3.05, 3.63) is 99.1 Å².